The smallest absolute Gasteiger partial charge is 0.201 e. The largest absolute Gasteiger partial charge is 0.368 e. The molecule has 1 saturated heterocycles. The molecule has 1 atom stereocenters. The van der Waals surface area contributed by atoms with Gasteiger partial charge < -0.3 is 20.5 Å². The Morgan fingerprint density at radius 2 is 1.96 bits per heavy atom. The van der Waals surface area contributed by atoms with Crippen LogP contribution in [0.3, 0.4) is 0 Å². The van der Waals surface area contributed by atoms with Gasteiger partial charge in [0.1, 0.15) is 0 Å². The lowest BCUT2D eigenvalue weighted by Crippen LogP contribution is -2.43. The van der Waals surface area contributed by atoms with Crippen molar-refractivity contribution < 1.29 is 0 Å². The molecule has 0 bridgehead atoms. The molecule has 1 fully saturated rings. The van der Waals surface area contributed by atoms with Gasteiger partial charge in [-0.2, -0.15) is 0 Å². The molecule has 5 nitrogen and oxygen atoms in total. The number of fused-ring (bicyclic) bond motifs is 1. The van der Waals surface area contributed by atoms with Crippen LogP contribution < -0.4 is 15.5 Å². The molecule has 0 amide bonds. The fraction of sp³-hybridized carbons (Fsp3) is 0.588. The fourth-order valence-electron chi connectivity index (χ4n) is 3.16. The SMILES string of the molecule is CCCC(CC)Nc1nc2cc(N3CCNCC3)c(Cl)cc2[nH]1.Cl.Cl. The summed E-state index contributed by atoms with van der Waals surface area (Å²) in [5, 5.41) is 7.66. The molecule has 1 aromatic carbocycles. The van der Waals surface area contributed by atoms with E-state index >= 15 is 0 Å². The van der Waals surface area contributed by atoms with Crippen LogP contribution in [0.5, 0.6) is 0 Å². The van der Waals surface area contributed by atoms with Gasteiger partial charge in [0.25, 0.3) is 0 Å². The van der Waals surface area contributed by atoms with Crippen LogP contribution in [0.4, 0.5) is 11.6 Å². The van der Waals surface area contributed by atoms with Gasteiger partial charge in [-0.3, -0.25) is 0 Å². The van der Waals surface area contributed by atoms with Crippen LogP contribution in [0.15, 0.2) is 12.1 Å². The van der Waals surface area contributed by atoms with E-state index in [4.69, 9.17) is 16.6 Å². The number of nitrogens with zero attached hydrogens (tertiary/aromatic N) is 2. The molecular weight excluding hydrogens is 381 g/mol. The van der Waals surface area contributed by atoms with Gasteiger partial charge in [0, 0.05) is 32.2 Å². The van der Waals surface area contributed by atoms with Crippen molar-refractivity contribution in [2.45, 2.75) is 39.2 Å². The number of hydrogen-bond acceptors (Lipinski definition) is 4. The monoisotopic (exact) mass is 407 g/mol. The second-order valence-electron chi connectivity index (χ2n) is 6.18. The molecule has 0 aliphatic carbocycles. The summed E-state index contributed by atoms with van der Waals surface area (Å²) in [6.07, 6.45) is 3.42. The van der Waals surface area contributed by atoms with E-state index in [0.717, 1.165) is 66.7 Å². The van der Waals surface area contributed by atoms with E-state index in [-0.39, 0.29) is 24.8 Å². The molecule has 1 aromatic heterocycles. The second kappa shape index (κ2) is 10.3. The van der Waals surface area contributed by atoms with E-state index in [0.29, 0.717) is 6.04 Å². The van der Waals surface area contributed by atoms with Gasteiger partial charge in [0.05, 0.1) is 21.7 Å². The van der Waals surface area contributed by atoms with Gasteiger partial charge in [0.15, 0.2) is 0 Å². The highest BCUT2D eigenvalue weighted by atomic mass is 35.5. The molecule has 0 spiro atoms. The Morgan fingerprint density at radius 1 is 1.24 bits per heavy atom. The third kappa shape index (κ3) is 5.30. The summed E-state index contributed by atoms with van der Waals surface area (Å²) in [7, 11) is 0. The molecule has 25 heavy (non-hydrogen) atoms. The van der Waals surface area contributed by atoms with Gasteiger partial charge >= 0.3 is 0 Å². The van der Waals surface area contributed by atoms with Crippen LogP contribution in [0.1, 0.15) is 33.1 Å². The average molecular weight is 409 g/mol. The van der Waals surface area contributed by atoms with E-state index in [9.17, 15) is 0 Å². The van der Waals surface area contributed by atoms with Crippen molar-refractivity contribution >= 4 is 59.1 Å². The predicted molar refractivity (Wildman–Crippen MR) is 113 cm³/mol. The predicted octanol–water partition coefficient (Wildman–Crippen LogP) is 4.46. The standard InChI is InChI=1S/C17H26ClN5.2ClH/c1-3-5-12(4-2)20-17-21-14-10-13(18)16(11-15(14)22-17)23-8-6-19-7-9-23;;/h10-12,19H,3-9H2,1-2H3,(H2,20,21,22);2*1H. The van der Waals surface area contributed by atoms with Crippen LogP contribution in [-0.4, -0.2) is 42.2 Å². The van der Waals surface area contributed by atoms with E-state index in [1.165, 1.54) is 6.42 Å². The number of aromatic nitrogens is 2. The molecule has 0 saturated carbocycles. The summed E-state index contributed by atoms with van der Waals surface area (Å²) in [6.45, 7) is 8.37. The molecule has 0 radical (unpaired) electrons. The normalized spacial score (nSPS) is 15.4. The maximum Gasteiger partial charge on any atom is 0.201 e. The summed E-state index contributed by atoms with van der Waals surface area (Å²) in [4.78, 5) is 10.4. The Hall–Kier alpha value is -0.880. The van der Waals surface area contributed by atoms with Crippen LogP contribution in [0, 0.1) is 0 Å². The van der Waals surface area contributed by atoms with Crippen LogP contribution in [0.25, 0.3) is 11.0 Å². The number of rotatable bonds is 6. The fourth-order valence-corrected chi connectivity index (χ4v) is 3.44. The van der Waals surface area contributed by atoms with Gasteiger partial charge in [-0.25, -0.2) is 4.98 Å². The number of hydrogen-bond donors (Lipinski definition) is 3. The van der Waals surface area contributed by atoms with Crippen molar-refractivity contribution in [1.82, 2.24) is 15.3 Å². The maximum atomic E-state index is 6.50. The van der Waals surface area contributed by atoms with Gasteiger partial charge in [-0.15, -0.1) is 24.8 Å². The zero-order valence-corrected chi connectivity index (χ0v) is 17.2. The van der Waals surface area contributed by atoms with Crippen molar-refractivity contribution in [3.8, 4) is 0 Å². The molecule has 2 aromatic rings. The summed E-state index contributed by atoms with van der Waals surface area (Å²) in [5.41, 5.74) is 3.04. The van der Waals surface area contributed by atoms with Gasteiger partial charge in [-0.05, 0) is 25.0 Å². The molecule has 1 unspecified atom stereocenters. The highest BCUT2D eigenvalue weighted by Crippen LogP contribution is 2.31. The Bertz CT molecular complexity index is 655. The molecule has 3 rings (SSSR count). The summed E-state index contributed by atoms with van der Waals surface area (Å²) in [6, 6.07) is 4.56. The highest BCUT2D eigenvalue weighted by molar-refractivity contribution is 6.34. The minimum absolute atomic E-state index is 0. The Balaban J connectivity index is 0.00000156. The van der Waals surface area contributed by atoms with E-state index in [1.807, 2.05) is 6.07 Å². The number of nitrogens with one attached hydrogen (secondary N) is 3. The molecule has 1 aliphatic heterocycles. The number of H-pyrrole nitrogens is 1. The zero-order valence-electron chi connectivity index (χ0n) is 14.8. The lowest BCUT2D eigenvalue weighted by molar-refractivity contribution is 0.589. The Morgan fingerprint density at radius 3 is 2.60 bits per heavy atom. The first kappa shape index (κ1) is 22.2. The minimum Gasteiger partial charge on any atom is -0.368 e. The quantitative estimate of drug-likeness (QED) is 0.660. The van der Waals surface area contributed by atoms with Crippen molar-refractivity contribution in [3.63, 3.8) is 0 Å². The first-order valence-corrected chi connectivity index (χ1v) is 9.00. The zero-order chi connectivity index (χ0) is 16.2. The third-order valence-corrected chi connectivity index (χ3v) is 4.78. The average Bonchev–Trinajstić information content (AvgIpc) is 2.95. The Labute approximate surface area is 167 Å². The second-order valence-corrected chi connectivity index (χ2v) is 6.59. The first-order chi connectivity index (χ1) is 11.2. The van der Waals surface area contributed by atoms with Crippen molar-refractivity contribution in [3.05, 3.63) is 17.2 Å². The first-order valence-electron chi connectivity index (χ1n) is 8.62. The van der Waals surface area contributed by atoms with E-state index < -0.39 is 0 Å². The van der Waals surface area contributed by atoms with E-state index in [1.54, 1.807) is 0 Å². The van der Waals surface area contributed by atoms with Crippen LogP contribution in [0.2, 0.25) is 5.02 Å². The molecule has 142 valence electrons. The van der Waals surface area contributed by atoms with E-state index in [2.05, 4.69) is 40.4 Å². The van der Waals surface area contributed by atoms with Crippen LogP contribution in [-0.2, 0) is 0 Å². The Kier molecular flexibility index (Phi) is 9.14. The summed E-state index contributed by atoms with van der Waals surface area (Å²) < 4.78 is 0. The molecule has 8 heteroatoms. The number of halogens is 3. The number of anilines is 2. The van der Waals surface area contributed by atoms with Crippen molar-refractivity contribution in [2.75, 3.05) is 36.4 Å². The van der Waals surface area contributed by atoms with Gasteiger partial charge in [-0.1, -0.05) is 31.9 Å². The number of piperazine rings is 1. The van der Waals surface area contributed by atoms with Crippen molar-refractivity contribution in [1.29, 1.82) is 0 Å². The third-order valence-electron chi connectivity index (χ3n) is 4.48. The summed E-state index contributed by atoms with van der Waals surface area (Å²) in [5.74, 6) is 0.842. The summed E-state index contributed by atoms with van der Waals surface area (Å²) >= 11 is 6.50. The minimum atomic E-state index is 0. The number of benzene rings is 1. The molecule has 1 aliphatic rings. The highest BCUT2D eigenvalue weighted by Gasteiger charge is 2.16. The maximum absolute atomic E-state index is 6.50. The lowest BCUT2D eigenvalue weighted by atomic mass is 10.1. The molecular formula is C17H28Cl3N5. The number of imidazole rings is 1. The molecule has 2 heterocycles. The van der Waals surface area contributed by atoms with Crippen LogP contribution >= 0.6 is 36.4 Å². The van der Waals surface area contributed by atoms with Crippen molar-refractivity contribution in [2.24, 2.45) is 0 Å². The topological polar surface area (TPSA) is 56.0 Å². The van der Waals surface area contributed by atoms with Gasteiger partial charge in [0.2, 0.25) is 5.95 Å². The molecule has 3 N–H and O–H groups in total. The number of aromatic amines is 1. The lowest BCUT2D eigenvalue weighted by Gasteiger charge is -2.30.